The average molecular weight is 302 g/mol. The molecule has 1 atom stereocenters. The van der Waals surface area contributed by atoms with Crippen LogP contribution in [-0.2, 0) is 16.1 Å². The molecule has 0 N–H and O–H groups in total. The summed E-state index contributed by atoms with van der Waals surface area (Å²) in [4.78, 5) is 27.6. The number of Topliss-reactive ketones (excluding diaryl/α,β-unsaturated/α-hetero) is 1. The van der Waals surface area contributed by atoms with E-state index >= 15 is 0 Å². The van der Waals surface area contributed by atoms with Crippen LogP contribution in [0, 0.1) is 5.92 Å². The Labute approximate surface area is 131 Å². The highest BCUT2D eigenvalue weighted by molar-refractivity contribution is 5.99. The van der Waals surface area contributed by atoms with Gasteiger partial charge in [0.15, 0.2) is 5.78 Å². The molecule has 0 aliphatic carbocycles. The van der Waals surface area contributed by atoms with Crippen molar-refractivity contribution < 1.29 is 14.3 Å². The molecule has 5 heteroatoms. The highest BCUT2D eigenvalue weighted by atomic mass is 16.6. The van der Waals surface area contributed by atoms with Crippen molar-refractivity contribution in [1.29, 1.82) is 0 Å². The smallest absolute Gasteiger partial charge is 0.410 e. The number of carbonyl (C=O) groups is 2. The topological polar surface area (TPSA) is 49.9 Å². The number of nitrogens with zero attached hydrogens (tertiary/aromatic N) is 2. The molecule has 2 rings (SSSR count). The highest BCUT2D eigenvalue weighted by Crippen LogP contribution is 2.21. The Hall–Kier alpha value is -2.30. The van der Waals surface area contributed by atoms with Crippen LogP contribution in [0.3, 0.4) is 0 Å². The molecule has 0 aromatic heterocycles. The minimum atomic E-state index is -0.437. The van der Waals surface area contributed by atoms with Gasteiger partial charge in [-0.05, 0) is 5.56 Å². The first-order chi connectivity index (χ1) is 10.5. The summed E-state index contributed by atoms with van der Waals surface area (Å²) in [5, 5.41) is 0. The Morgan fingerprint density at radius 1 is 1.36 bits per heavy atom. The Morgan fingerprint density at radius 2 is 2.05 bits per heavy atom. The predicted octanol–water partition coefficient (Wildman–Crippen LogP) is 2.29. The summed E-state index contributed by atoms with van der Waals surface area (Å²) in [6, 6.07) is 9.50. The number of piperidine rings is 1. The van der Waals surface area contributed by atoms with Gasteiger partial charge < -0.3 is 9.64 Å². The van der Waals surface area contributed by atoms with E-state index in [-0.39, 0.29) is 24.9 Å². The molecule has 22 heavy (non-hydrogen) atoms. The zero-order valence-corrected chi connectivity index (χ0v) is 13.3. The number of benzene rings is 1. The second-order valence-corrected chi connectivity index (χ2v) is 5.79. The molecule has 1 amide bonds. The maximum atomic E-state index is 12.2. The lowest BCUT2D eigenvalue weighted by Gasteiger charge is -2.31. The fraction of sp³-hybridized carbons (Fsp3) is 0.412. The zero-order valence-electron chi connectivity index (χ0n) is 13.3. The second-order valence-electron chi connectivity index (χ2n) is 5.79. The molecule has 5 nitrogen and oxygen atoms in total. The molecule has 118 valence electrons. The number of amides is 1. The lowest BCUT2D eigenvalue weighted by molar-refractivity contribution is -0.118. The third-order valence-electron chi connectivity index (χ3n) is 3.54. The largest absolute Gasteiger partial charge is 0.445 e. The Balaban J connectivity index is 1.94. The molecule has 0 saturated carbocycles. The van der Waals surface area contributed by atoms with E-state index in [2.05, 4.69) is 0 Å². The summed E-state index contributed by atoms with van der Waals surface area (Å²) in [6.07, 6.45) is 1.40. The van der Waals surface area contributed by atoms with Gasteiger partial charge in [-0.25, -0.2) is 4.79 Å². The van der Waals surface area contributed by atoms with Crippen LogP contribution in [0.1, 0.15) is 12.5 Å². The first-order valence-corrected chi connectivity index (χ1v) is 7.34. The van der Waals surface area contributed by atoms with Gasteiger partial charge in [0, 0.05) is 38.3 Å². The van der Waals surface area contributed by atoms with Crippen molar-refractivity contribution in [2.24, 2.45) is 5.92 Å². The predicted molar refractivity (Wildman–Crippen MR) is 84.1 cm³/mol. The highest BCUT2D eigenvalue weighted by Gasteiger charge is 2.31. The maximum Gasteiger partial charge on any atom is 0.410 e. The third-order valence-corrected chi connectivity index (χ3v) is 3.54. The van der Waals surface area contributed by atoms with Crippen LogP contribution in [0.25, 0.3) is 0 Å². The van der Waals surface area contributed by atoms with Crippen LogP contribution in [0.4, 0.5) is 4.79 Å². The first kappa shape index (κ1) is 16.1. The molecule has 0 radical (unpaired) electrons. The van der Waals surface area contributed by atoms with Crippen molar-refractivity contribution in [1.82, 2.24) is 9.80 Å². The number of ketones is 1. The standard InChI is InChI=1S/C17H22N2O3/c1-13-9-19(11-16(20)15(13)10-18(2)3)17(21)22-12-14-7-5-4-6-8-14/h4-8,10,13H,9,11-12H2,1-3H3/b15-10+. The van der Waals surface area contributed by atoms with Crippen molar-refractivity contribution in [3.63, 3.8) is 0 Å². The lowest BCUT2D eigenvalue weighted by atomic mass is 9.93. The number of hydrogen-bond donors (Lipinski definition) is 0. The van der Waals surface area contributed by atoms with E-state index in [1.54, 1.807) is 0 Å². The van der Waals surface area contributed by atoms with Crippen molar-refractivity contribution in [3.05, 3.63) is 47.7 Å². The second kappa shape index (κ2) is 7.11. The van der Waals surface area contributed by atoms with Gasteiger partial charge in [-0.2, -0.15) is 0 Å². The van der Waals surface area contributed by atoms with Gasteiger partial charge in [-0.1, -0.05) is 37.3 Å². The Bertz CT molecular complexity index is 567. The van der Waals surface area contributed by atoms with E-state index in [1.165, 1.54) is 4.90 Å². The van der Waals surface area contributed by atoms with E-state index in [0.717, 1.165) is 11.1 Å². The Morgan fingerprint density at radius 3 is 2.64 bits per heavy atom. The summed E-state index contributed by atoms with van der Waals surface area (Å²) in [7, 11) is 3.76. The fourth-order valence-electron chi connectivity index (χ4n) is 2.46. The zero-order chi connectivity index (χ0) is 16.1. The monoisotopic (exact) mass is 302 g/mol. The summed E-state index contributed by atoms with van der Waals surface area (Å²) >= 11 is 0. The number of likely N-dealkylation sites (tertiary alicyclic amines) is 1. The van der Waals surface area contributed by atoms with Gasteiger partial charge in [0.05, 0.1) is 6.54 Å². The number of rotatable bonds is 3. The molecule has 1 saturated heterocycles. The van der Waals surface area contributed by atoms with Crippen LogP contribution in [-0.4, -0.2) is 48.9 Å². The lowest BCUT2D eigenvalue weighted by Crippen LogP contribution is -2.45. The summed E-state index contributed by atoms with van der Waals surface area (Å²) in [6.45, 7) is 2.75. The molecular weight excluding hydrogens is 280 g/mol. The minimum Gasteiger partial charge on any atom is -0.445 e. The van der Waals surface area contributed by atoms with Gasteiger partial charge in [-0.15, -0.1) is 0 Å². The van der Waals surface area contributed by atoms with Gasteiger partial charge in [-0.3, -0.25) is 9.69 Å². The molecule has 1 aliphatic rings. The normalized spacial score (nSPS) is 20.1. The van der Waals surface area contributed by atoms with E-state index in [4.69, 9.17) is 4.74 Å². The van der Waals surface area contributed by atoms with Gasteiger partial charge >= 0.3 is 6.09 Å². The van der Waals surface area contributed by atoms with Gasteiger partial charge in [0.2, 0.25) is 0 Å². The number of ether oxygens (including phenoxy) is 1. The van der Waals surface area contributed by atoms with E-state index in [0.29, 0.717) is 6.54 Å². The Kier molecular flexibility index (Phi) is 5.20. The van der Waals surface area contributed by atoms with E-state index in [9.17, 15) is 9.59 Å². The van der Waals surface area contributed by atoms with Crippen molar-refractivity contribution in [2.75, 3.05) is 27.2 Å². The summed E-state index contributed by atoms with van der Waals surface area (Å²) in [5.41, 5.74) is 1.69. The molecule has 1 unspecified atom stereocenters. The molecule has 0 bridgehead atoms. The minimum absolute atomic E-state index is 0.00734. The summed E-state index contributed by atoms with van der Waals surface area (Å²) in [5.74, 6) is -0.0166. The van der Waals surface area contributed by atoms with Crippen LogP contribution in [0.15, 0.2) is 42.1 Å². The molecular formula is C17H22N2O3. The molecule has 1 heterocycles. The average Bonchev–Trinajstić information content (AvgIpc) is 2.49. The number of carbonyl (C=O) groups excluding carboxylic acids is 2. The van der Waals surface area contributed by atoms with E-state index in [1.807, 2.05) is 62.5 Å². The molecule has 1 aromatic rings. The molecule has 0 spiro atoms. The van der Waals surface area contributed by atoms with Crippen LogP contribution in [0.5, 0.6) is 0 Å². The van der Waals surface area contributed by atoms with Crippen LogP contribution in [0.2, 0.25) is 0 Å². The summed E-state index contributed by atoms with van der Waals surface area (Å²) < 4.78 is 5.29. The van der Waals surface area contributed by atoms with Gasteiger partial charge in [0.1, 0.15) is 6.61 Å². The molecule has 1 fully saturated rings. The maximum absolute atomic E-state index is 12.2. The van der Waals surface area contributed by atoms with Crippen molar-refractivity contribution in [2.45, 2.75) is 13.5 Å². The third kappa shape index (κ3) is 4.10. The van der Waals surface area contributed by atoms with Crippen molar-refractivity contribution >= 4 is 11.9 Å². The fourth-order valence-corrected chi connectivity index (χ4v) is 2.46. The van der Waals surface area contributed by atoms with E-state index < -0.39 is 6.09 Å². The molecule has 1 aliphatic heterocycles. The first-order valence-electron chi connectivity index (χ1n) is 7.34. The van der Waals surface area contributed by atoms with Crippen LogP contribution < -0.4 is 0 Å². The molecule has 1 aromatic carbocycles. The van der Waals surface area contributed by atoms with Crippen LogP contribution >= 0.6 is 0 Å². The SMILES string of the molecule is CC1CN(C(=O)OCc2ccccc2)CC(=O)/C1=C/N(C)C. The van der Waals surface area contributed by atoms with Crippen molar-refractivity contribution in [3.8, 4) is 0 Å². The quantitative estimate of drug-likeness (QED) is 0.804. The number of hydrogen-bond acceptors (Lipinski definition) is 4. The van der Waals surface area contributed by atoms with Gasteiger partial charge in [0.25, 0.3) is 0 Å².